The Labute approximate surface area is 746 Å². The highest BCUT2D eigenvalue weighted by Gasteiger charge is 2.47. The molecule has 620 valence electrons. The first kappa shape index (κ1) is 81.0. The zero-order valence-electron chi connectivity index (χ0n) is 76.3. The summed E-state index contributed by atoms with van der Waals surface area (Å²) >= 11 is 0. The van der Waals surface area contributed by atoms with E-state index in [1.54, 1.807) is 0 Å². The standard InChI is InChI=1S/C120H112BN5/c1-115(2,3)83-53-62-106-100(68-83)101-69-84(116(4,5)6)54-63-107(101)124(106)93-75-110-112-111(76-93)126(114-98(79-42-28-21-29-43-79)72-88(120(16,17)18)73-99(114)80-44-30-22-31-45-80)109-74-92(122(89-46-32-23-33-47-89)90-55-57-91(58-56-90)123-104-50-36-34-48-94(104)95-49-35-37-51-105(95)123)59-61-103(109)121(112)102-60-52-81(82-64-85(117(7,8)9)67-86(65-82)118(10,11)12)66-108(102)125(110)113-96(77-38-24-19-25-39-77)70-87(119(13,14)15)71-97(113)78-40-26-20-27-41-78/h19-76H,1-18H3. The molecule has 2 aromatic heterocycles. The number of hydrogen-bond donors (Lipinski definition) is 0. The molecule has 20 rings (SSSR count). The lowest BCUT2D eigenvalue weighted by Crippen LogP contribution is -2.61. The zero-order chi connectivity index (χ0) is 87.4. The van der Waals surface area contributed by atoms with Crippen LogP contribution in [-0.2, 0) is 32.5 Å². The van der Waals surface area contributed by atoms with Gasteiger partial charge in [-0.1, -0.05) is 349 Å². The van der Waals surface area contributed by atoms with Gasteiger partial charge in [-0.2, -0.15) is 0 Å². The lowest BCUT2D eigenvalue weighted by molar-refractivity contribution is 0.569. The molecule has 16 aromatic carbocycles. The first-order chi connectivity index (χ1) is 60.3. The molecule has 0 spiro atoms. The molecule has 0 bridgehead atoms. The van der Waals surface area contributed by atoms with Crippen LogP contribution < -0.4 is 31.1 Å². The van der Waals surface area contributed by atoms with Gasteiger partial charge in [-0.05, 0) is 243 Å². The first-order valence-electron chi connectivity index (χ1n) is 45.1. The molecule has 2 aliphatic heterocycles. The quantitative estimate of drug-likeness (QED) is 0.114. The minimum Gasteiger partial charge on any atom is -0.310 e. The molecular formula is C120H112BN5. The van der Waals surface area contributed by atoms with Crippen LogP contribution in [0.5, 0.6) is 0 Å². The Bertz CT molecular complexity index is 7010. The van der Waals surface area contributed by atoms with Gasteiger partial charge in [-0.3, -0.25) is 0 Å². The monoisotopic (exact) mass is 1630 g/mol. The molecule has 0 N–H and O–H groups in total. The third-order valence-electron chi connectivity index (χ3n) is 26.8. The molecule has 0 atom stereocenters. The molecule has 126 heavy (non-hydrogen) atoms. The Morgan fingerprint density at radius 2 is 0.548 bits per heavy atom. The van der Waals surface area contributed by atoms with E-state index in [9.17, 15) is 0 Å². The number of para-hydroxylation sites is 3. The third kappa shape index (κ3) is 14.1. The van der Waals surface area contributed by atoms with Crippen molar-refractivity contribution in [2.24, 2.45) is 0 Å². The smallest absolute Gasteiger partial charge is 0.252 e. The van der Waals surface area contributed by atoms with E-state index in [0.29, 0.717) is 0 Å². The summed E-state index contributed by atoms with van der Waals surface area (Å²) < 4.78 is 5.06. The predicted octanol–water partition coefficient (Wildman–Crippen LogP) is 31.6. The molecule has 0 saturated carbocycles. The van der Waals surface area contributed by atoms with Crippen molar-refractivity contribution in [2.75, 3.05) is 14.7 Å². The van der Waals surface area contributed by atoms with Crippen LogP contribution in [0.2, 0.25) is 0 Å². The summed E-state index contributed by atoms with van der Waals surface area (Å²) in [5, 5.41) is 4.93. The molecule has 6 heteroatoms. The first-order valence-corrected chi connectivity index (χ1v) is 45.1. The lowest BCUT2D eigenvalue weighted by Gasteiger charge is -2.46. The fourth-order valence-corrected chi connectivity index (χ4v) is 19.7. The molecule has 0 unspecified atom stereocenters. The fraction of sp³-hybridized carbons (Fsp3) is 0.200. The summed E-state index contributed by atoms with van der Waals surface area (Å²) in [6.07, 6.45) is 0. The van der Waals surface area contributed by atoms with E-state index in [2.05, 4.69) is 500 Å². The van der Waals surface area contributed by atoms with Crippen LogP contribution in [0.4, 0.5) is 51.2 Å². The second-order valence-corrected chi connectivity index (χ2v) is 41.5. The number of rotatable bonds is 12. The van der Waals surface area contributed by atoms with Crippen LogP contribution in [0, 0.1) is 0 Å². The molecule has 0 saturated heterocycles. The van der Waals surface area contributed by atoms with Crippen LogP contribution in [0.1, 0.15) is 158 Å². The molecule has 2 aliphatic rings. The van der Waals surface area contributed by atoms with E-state index in [4.69, 9.17) is 0 Å². The number of hydrogen-bond acceptors (Lipinski definition) is 3. The van der Waals surface area contributed by atoms with Gasteiger partial charge in [0.2, 0.25) is 0 Å². The largest absolute Gasteiger partial charge is 0.310 e. The van der Waals surface area contributed by atoms with Crippen molar-refractivity contribution in [2.45, 2.75) is 157 Å². The van der Waals surface area contributed by atoms with Gasteiger partial charge in [0, 0.05) is 89.3 Å². The van der Waals surface area contributed by atoms with Crippen molar-refractivity contribution < 1.29 is 0 Å². The molecule has 0 aliphatic carbocycles. The normalized spacial score (nSPS) is 13.1. The molecule has 0 radical (unpaired) electrons. The van der Waals surface area contributed by atoms with Crippen molar-refractivity contribution in [3.05, 3.63) is 385 Å². The average molecular weight is 1640 g/mol. The Morgan fingerprint density at radius 3 is 0.952 bits per heavy atom. The molecule has 4 heterocycles. The van der Waals surface area contributed by atoms with Crippen molar-refractivity contribution >= 4 is 118 Å². The highest BCUT2D eigenvalue weighted by molar-refractivity contribution is 7.00. The van der Waals surface area contributed by atoms with E-state index < -0.39 is 0 Å². The second kappa shape index (κ2) is 30.2. The summed E-state index contributed by atoms with van der Waals surface area (Å²) in [7, 11) is 0. The topological polar surface area (TPSA) is 19.6 Å². The summed E-state index contributed by atoms with van der Waals surface area (Å²) in [6, 6.07) is 136. The number of anilines is 9. The maximum atomic E-state index is 2.77. The van der Waals surface area contributed by atoms with Gasteiger partial charge in [0.1, 0.15) is 0 Å². The summed E-state index contributed by atoms with van der Waals surface area (Å²) in [4.78, 5) is 8.01. The van der Waals surface area contributed by atoms with Gasteiger partial charge in [-0.15, -0.1) is 0 Å². The highest BCUT2D eigenvalue weighted by Crippen LogP contribution is 2.57. The Morgan fingerprint density at radius 1 is 0.214 bits per heavy atom. The van der Waals surface area contributed by atoms with E-state index in [1.165, 1.54) is 87.9 Å². The van der Waals surface area contributed by atoms with Crippen molar-refractivity contribution in [1.29, 1.82) is 0 Å². The maximum Gasteiger partial charge on any atom is 0.252 e. The van der Waals surface area contributed by atoms with Gasteiger partial charge >= 0.3 is 0 Å². The number of nitrogens with zero attached hydrogens (tertiary/aromatic N) is 5. The summed E-state index contributed by atoms with van der Waals surface area (Å²) in [5.74, 6) is 0. The van der Waals surface area contributed by atoms with Crippen molar-refractivity contribution in [1.82, 2.24) is 9.13 Å². The predicted molar refractivity (Wildman–Crippen MR) is 543 cm³/mol. The van der Waals surface area contributed by atoms with Gasteiger partial charge in [0.25, 0.3) is 6.71 Å². The van der Waals surface area contributed by atoms with Crippen LogP contribution in [-0.4, -0.2) is 15.8 Å². The van der Waals surface area contributed by atoms with Gasteiger partial charge in [0.05, 0.1) is 39.1 Å². The third-order valence-corrected chi connectivity index (χ3v) is 26.8. The average Bonchev–Trinajstić information content (AvgIpc) is 0.703. The SMILES string of the molecule is CC(C)(C)c1cc(-c2ccc3c(c2)N(c2c(-c4ccccc4)cc(C(C)(C)C)cc2-c2ccccc2)c2cc(-n4c5ccc(C(C)(C)C)cc5c5cc(C(C)(C)C)ccc54)cc4c2B3c2ccc(N(c3ccccc3)c3ccc(-n5c6ccccc6c6ccccc65)cc3)cc2N4c2c(-c3ccccc3)cc(C(C)(C)C)cc2-c2ccccc2)cc(C(C)(C)C)c1. The molecular weight excluding hydrogens is 1520 g/mol. The molecule has 0 fully saturated rings. The van der Waals surface area contributed by atoms with Gasteiger partial charge in [0.15, 0.2) is 0 Å². The van der Waals surface area contributed by atoms with Crippen LogP contribution >= 0.6 is 0 Å². The van der Waals surface area contributed by atoms with Gasteiger partial charge in [-0.25, -0.2) is 0 Å². The minimum absolute atomic E-state index is 0.130. The highest BCUT2D eigenvalue weighted by atomic mass is 15.2. The van der Waals surface area contributed by atoms with E-state index in [-0.39, 0.29) is 39.2 Å². The summed E-state index contributed by atoms with van der Waals surface area (Å²) in [6.45, 7) is 42.2. The summed E-state index contributed by atoms with van der Waals surface area (Å²) in [5.41, 5.74) is 38.3. The van der Waals surface area contributed by atoms with Crippen molar-refractivity contribution in [3.8, 4) is 67.0 Å². The maximum absolute atomic E-state index is 2.77. The zero-order valence-corrected chi connectivity index (χ0v) is 76.3. The van der Waals surface area contributed by atoms with Crippen LogP contribution in [0.15, 0.2) is 352 Å². The lowest BCUT2D eigenvalue weighted by atomic mass is 9.33. The Hall–Kier alpha value is -13.4. The Balaban J connectivity index is 0.982. The number of fused-ring (bicyclic) bond motifs is 10. The Kier molecular flexibility index (Phi) is 19.4. The van der Waals surface area contributed by atoms with Crippen LogP contribution in [0.3, 0.4) is 0 Å². The van der Waals surface area contributed by atoms with E-state index in [1.807, 2.05) is 0 Å². The minimum atomic E-state index is -0.336. The van der Waals surface area contributed by atoms with E-state index >= 15 is 0 Å². The van der Waals surface area contributed by atoms with Gasteiger partial charge < -0.3 is 23.8 Å². The fourth-order valence-electron chi connectivity index (χ4n) is 19.7. The molecule has 5 nitrogen and oxygen atoms in total. The van der Waals surface area contributed by atoms with Crippen molar-refractivity contribution in [3.63, 3.8) is 0 Å². The number of benzene rings is 16. The molecule has 0 amide bonds. The van der Waals surface area contributed by atoms with E-state index in [0.717, 1.165) is 124 Å². The molecule has 18 aromatic rings. The number of aromatic nitrogens is 2. The van der Waals surface area contributed by atoms with Crippen LogP contribution in [0.25, 0.3) is 111 Å². The second-order valence-electron chi connectivity index (χ2n) is 41.5.